The molecule has 0 bridgehead atoms. The van der Waals surface area contributed by atoms with Crippen LogP contribution in [0.3, 0.4) is 0 Å². The minimum atomic E-state index is -0.363. The third-order valence-electron chi connectivity index (χ3n) is 4.77. The summed E-state index contributed by atoms with van der Waals surface area (Å²) in [6, 6.07) is 8.95. The van der Waals surface area contributed by atoms with Crippen molar-refractivity contribution in [2.24, 2.45) is 0 Å². The fraction of sp³-hybridized carbons (Fsp3) is 0.300. The van der Waals surface area contributed by atoms with Gasteiger partial charge < -0.3 is 9.42 Å². The topological polar surface area (TPSA) is 72.1 Å². The molecule has 1 aromatic carbocycles. The van der Waals surface area contributed by atoms with Crippen LogP contribution in [0.15, 0.2) is 53.3 Å². The number of hydrogen-bond acceptors (Lipinski definition) is 5. The number of rotatable bonds is 3. The summed E-state index contributed by atoms with van der Waals surface area (Å²) < 4.78 is 18.7. The molecule has 1 atom stereocenters. The van der Waals surface area contributed by atoms with E-state index in [-0.39, 0.29) is 17.8 Å². The zero-order valence-electron chi connectivity index (χ0n) is 14.7. The third kappa shape index (κ3) is 3.72. The van der Waals surface area contributed by atoms with Gasteiger partial charge in [-0.15, -0.1) is 0 Å². The molecule has 3 heterocycles. The minimum absolute atomic E-state index is 0.148. The van der Waals surface area contributed by atoms with E-state index in [1.165, 1.54) is 24.3 Å². The van der Waals surface area contributed by atoms with Crippen LogP contribution in [0.5, 0.6) is 0 Å². The Balaban J connectivity index is 1.63. The highest BCUT2D eigenvalue weighted by molar-refractivity contribution is 5.94. The average molecular weight is 366 g/mol. The number of benzene rings is 1. The number of carbonyl (C=O) groups is 1. The number of nitrogens with zero attached hydrogens (tertiary/aromatic N) is 4. The number of hydrogen-bond donors (Lipinski definition) is 0. The first-order valence-corrected chi connectivity index (χ1v) is 9.03. The Kier molecular flexibility index (Phi) is 4.91. The van der Waals surface area contributed by atoms with E-state index in [0.717, 1.165) is 31.2 Å². The molecule has 1 aliphatic heterocycles. The van der Waals surface area contributed by atoms with Crippen molar-refractivity contribution in [3.8, 4) is 11.4 Å². The van der Waals surface area contributed by atoms with Gasteiger partial charge in [0.15, 0.2) is 0 Å². The first-order valence-electron chi connectivity index (χ1n) is 9.03. The van der Waals surface area contributed by atoms with E-state index < -0.39 is 0 Å². The molecule has 138 valence electrons. The van der Waals surface area contributed by atoms with E-state index in [4.69, 9.17) is 4.52 Å². The number of carbonyl (C=O) groups excluding carboxylic acids is 1. The van der Waals surface area contributed by atoms with Crippen molar-refractivity contribution in [1.82, 2.24) is 20.0 Å². The first kappa shape index (κ1) is 17.3. The van der Waals surface area contributed by atoms with Gasteiger partial charge in [0.25, 0.3) is 5.91 Å². The molecule has 27 heavy (non-hydrogen) atoms. The average Bonchev–Trinajstić information content (AvgIpc) is 3.07. The molecule has 6 nitrogen and oxygen atoms in total. The summed E-state index contributed by atoms with van der Waals surface area (Å²) in [4.78, 5) is 23.3. The highest BCUT2D eigenvalue weighted by Gasteiger charge is 2.31. The van der Waals surface area contributed by atoms with Crippen LogP contribution in [-0.2, 0) is 0 Å². The monoisotopic (exact) mass is 366 g/mol. The lowest BCUT2D eigenvalue weighted by Crippen LogP contribution is -2.35. The molecule has 7 heteroatoms. The second-order valence-corrected chi connectivity index (χ2v) is 6.56. The lowest BCUT2D eigenvalue weighted by molar-refractivity contribution is 0.0644. The minimum Gasteiger partial charge on any atom is -0.337 e. The summed E-state index contributed by atoms with van der Waals surface area (Å²) >= 11 is 0. The second kappa shape index (κ2) is 7.65. The zero-order chi connectivity index (χ0) is 18.6. The van der Waals surface area contributed by atoms with Crippen molar-refractivity contribution < 1.29 is 13.7 Å². The van der Waals surface area contributed by atoms with Crippen LogP contribution in [0, 0.1) is 5.82 Å². The lowest BCUT2D eigenvalue weighted by atomic mass is 10.1. The first-order chi connectivity index (χ1) is 13.2. The van der Waals surface area contributed by atoms with Gasteiger partial charge in [-0.05, 0) is 49.2 Å². The molecule has 2 aromatic heterocycles. The highest BCUT2D eigenvalue weighted by Crippen LogP contribution is 2.31. The molecule has 0 spiro atoms. The Labute approximate surface area is 156 Å². The van der Waals surface area contributed by atoms with Gasteiger partial charge in [-0.25, -0.2) is 4.39 Å². The zero-order valence-corrected chi connectivity index (χ0v) is 14.7. The van der Waals surface area contributed by atoms with Gasteiger partial charge in [-0.2, -0.15) is 4.98 Å². The summed E-state index contributed by atoms with van der Waals surface area (Å²) in [6.45, 7) is 0.605. The smallest absolute Gasteiger partial charge is 0.254 e. The van der Waals surface area contributed by atoms with E-state index in [1.54, 1.807) is 17.3 Å². The summed E-state index contributed by atoms with van der Waals surface area (Å²) in [5.74, 6) is 0.397. The molecule has 4 rings (SSSR count). The van der Waals surface area contributed by atoms with E-state index >= 15 is 0 Å². The Morgan fingerprint density at radius 3 is 2.63 bits per heavy atom. The van der Waals surface area contributed by atoms with E-state index in [0.29, 0.717) is 23.8 Å². The maximum atomic E-state index is 13.2. The van der Waals surface area contributed by atoms with Crippen molar-refractivity contribution in [3.05, 3.63) is 66.1 Å². The van der Waals surface area contributed by atoms with Crippen molar-refractivity contribution in [3.63, 3.8) is 0 Å². The molecule has 1 unspecified atom stereocenters. The lowest BCUT2D eigenvalue weighted by Gasteiger charge is -2.27. The molecular formula is C20H19FN4O2. The van der Waals surface area contributed by atoms with Crippen molar-refractivity contribution in [2.75, 3.05) is 6.54 Å². The predicted octanol–water partition coefficient (Wildman–Crippen LogP) is 4.03. The van der Waals surface area contributed by atoms with Crippen LogP contribution in [0.25, 0.3) is 11.4 Å². The summed E-state index contributed by atoms with van der Waals surface area (Å²) in [6.07, 6.45) is 7.02. The molecular weight excluding hydrogens is 347 g/mol. The van der Waals surface area contributed by atoms with Gasteiger partial charge in [0.1, 0.15) is 11.9 Å². The van der Waals surface area contributed by atoms with Crippen LogP contribution >= 0.6 is 0 Å². The molecule has 1 fully saturated rings. The molecule has 0 saturated carbocycles. The Hall–Kier alpha value is -3.09. The van der Waals surface area contributed by atoms with E-state index in [2.05, 4.69) is 15.1 Å². The number of halogens is 1. The van der Waals surface area contributed by atoms with Crippen molar-refractivity contribution in [1.29, 1.82) is 0 Å². The fourth-order valence-corrected chi connectivity index (χ4v) is 3.36. The predicted molar refractivity (Wildman–Crippen MR) is 96.2 cm³/mol. The maximum absolute atomic E-state index is 13.2. The standard InChI is InChI=1S/C20H19FN4O2/c21-16-7-5-15(6-8-16)20(26)25-13-3-1-2-4-17(25)19-23-18(24-27-19)14-9-11-22-12-10-14/h5-12,17H,1-4,13H2. The number of likely N-dealkylation sites (tertiary alicyclic amines) is 1. The van der Waals surface area contributed by atoms with Gasteiger partial charge in [-0.1, -0.05) is 18.0 Å². The van der Waals surface area contributed by atoms with E-state index in [1.807, 2.05) is 12.1 Å². The van der Waals surface area contributed by atoms with Gasteiger partial charge >= 0.3 is 0 Å². The number of amides is 1. The molecule has 1 amide bonds. The Morgan fingerprint density at radius 2 is 1.85 bits per heavy atom. The summed E-state index contributed by atoms with van der Waals surface area (Å²) in [7, 11) is 0. The SMILES string of the molecule is O=C(c1ccc(F)cc1)N1CCCCCC1c1nc(-c2ccncc2)no1. The molecule has 0 N–H and O–H groups in total. The van der Waals surface area contributed by atoms with Crippen LogP contribution in [0.1, 0.15) is 48.0 Å². The maximum Gasteiger partial charge on any atom is 0.254 e. The molecule has 0 aliphatic carbocycles. The van der Waals surface area contributed by atoms with Crippen molar-refractivity contribution >= 4 is 5.91 Å². The largest absolute Gasteiger partial charge is 0.337 e. The van der Waals surface area contributed by atoms with Crippen LogP contribution in [-0.4, -0.2) is 32.5 Å². The Bertz CT molecular complexity index is 911. The van der Waals surface area contributed by atoms with E-state index in [9.17, 15) is 9.18 Å². The van der Waals surface area contributed by atoms with Gasteiger partial charge in [0.2, 0.25) is 11.7 Å². The molecule has 1 aliphatic rings. The number of pyridine rings is 1. The molecule has 3 aromatic rings. The summed E-state index contributed by atoms with van der Waals surface area (Å²) in [5.41, 5.74) is 1.27. The molecule has 1 saturated heterocycles. The van der Waals surface area contributed by atoms with Crippen molar-refractivity contribution in [2.45, 2.75) is 31.7 Å². The Morgan fingerprint density at radius 1 is 1.07 bits per heavy atom. The fourth-order valence-electron chi connectivity index (χ4n) is 3.36. The highest BCUT2D eigenvalue weighted by atomic mass is 19.1. The van der Waals surface area contributed by atoms with Gasteiger partial charge in [0, 0.05) is 30.1 Å². The summed E-state index contributed by atoms with van der Waals surface area (Å²) in [5, 5.41) is 4.07. The quantitative estimate of drug-likeness (QED) is 0.700. The van der Waals surface area contributed by atoms with Gasteiger partial charge in [0.05, 0.1) is 0 Å². The molecule has 0 radical (unpaired) electrons. The number of aromatic nitrogens is 3. The second-order valence-electron chi connectivity index (χ2n) is 6.56. The van der Waals surface area contributed by atoms with Crippen LogP contribution in [0.2, 0.25) is 0 Å². The third-order valence-corrected chi connectivity index (χ3v) is 4.77. The van der Waals surface area contributed by atoms with Gasteiger partial charge in [-0.3, -0.25) is 9.78 Å². The van der Waals surface area contributed by atoms with Crippen LogP contribution in [0.4, 0.5) is 4.39 Å². The normalized spacial score (nSPS) is 17.5. The van der Waals surface area contributed by atoms with Crippen LogP contribution < -0.4 is 0 Å².